The number of hydrogen-bond donors (Lipinski definition) is 9. The number of carboxylic acid groups (broad SMARTS) is 2. The Kier molecular flexibility index (Phi) is 26.3. The summed E-state index contributed by atoms with van der Waals surface area (Å²) in [5.41, 5.74) is 5.02. The Bertz CT molecular complexity index is 517. The monoisotopic (exact) mass is 512 g/mol. The van der Waals surface area contributed by atoms with Crippen LogP contribution in [-0.2, 0) is 19.9 Å². The van der Waals surface area contributed by atoms with Crippen molar-refractivity contribution in [2.75, 3.05) is 5.73 Å². The molecule has 2 unspecified atom stereocenters. The van der Waals surface area contributed by atoms with Gasteiger partial charge in [0.1, 0.15) is 6.33 Å². The van der Waals surface area contributed by atoms with Crippen molar-refractivity contribution < 1.29 is 43.0 Å². The third-order valence-corrected chi connectivity index (χ3v) is 1.24. The number of anilines is 1. The van der Waals surface area contributed by atoms with E-state index < -0.39 is 34.5 Å². The average Bonchev–Trinajstić information content (AvgIpc) is 2.76. The second kappa shape index (κ2) is 17.9. The summed E-state index contributed by atoms with van der Waals surface area (Å²) in [7, 11) is -4.17. The SMILES string of the molecule is N.NS(=O)(=O)O.Nc1nc[nH]n1.O=C(O)C(O)C(O)C(=O)O.[KH].[SbH3]. The molecule has 1 aromatic rings. The van der Waals surface area contributed by atoms with E-state index in [1.165, 1.54) is 6.33 Å². The standard InChI is InChI=1S/C4H6O6.C2H4N4.K.H3NO3S.H3N.Sb.4H/c5-1(3(7)8)2(6)4(9)10;3-2-4-1-5-6-2;;1-5(2,3)4;;;;;;/h1-2,5-6H,(H,7,8)(H,9,10);1H,(H3,3,4,5,6);;(H3,1,2,3,4);1H3;;;;;. The molecule has 0 aliphatic rings. The first-order valence-electron chi connectivity index (χ1n) is 4.54. The fourth-order valence-corrected chi connectivity index (χ4v) is 0.489. The van der Waals surface area contributed by atoms with Crippen LogP contribution < -0.4 is 17.0 Å². The zero-order chi connectivity index (χ0) is 17.2. The fourth-order valence-electron chi connectivity index (χ4n) is 0.489. The first-order chi connectivity index (χ1) is 9.36. The van der Waals surface area contributed by atoms with E-state index in [-0.39, 0.29) is 87.9 Å². The van der Waals surface area contributed by atoms with Gasteiger partial charge in [0.05, 0.1) is 0 Å². The van der Waals surface area contributed by atoms with Crippen LogP contribution in [0.4, 0.5) is 5.95 Å². The normalized spacial score (nSPS) is 11.2. The van der Waals surface area contributed by atoms with Crippen molar-refractivity contribution in [1.29, 1.82) is 0 Å². The molecule has 1 rings (SSSR count). The number of carbonyl (C=O) groups is 2. The molecule has 0 spiro atoms. The first kappa shape index (κ1) is 35.2. The van der Waals surface area contributed by atoms with E-state index in [9.17, 15) is 9.59 Å². The maximum atomic E-state index is 9.77. The van der Waals surface area contributed by atoms with E-state index in [0.717, 1.165) is 0 Å². The molecule has 140 valence electrons. The Labute approximate surface area is 195 Å². The van der Waals surface area contributed by atoms with Crippen LogP contribution in [0, 0.1) is 0 Å². The van der Waals surface area contributed by atoms with Gasteiger partial charge in [0, 0.05) is 0 Å². The fraction of sp³-hybridized carbons (Fsp3) is 0.333. The Morgan fingerprint density at radius 3 is 1.54 bits per heavy atom. The van der Waals surface area contributed by atoms with Gasteiger partial charge in [0.25, 0.3) is 0 Å². The van der Waals surface area contributed by atoms with Crippen LogP contribution in [0.5, 0.6) is 0 Å². The van der Waals surface area contributed by atoms with Gasteiger partial charge < -0.3 is 32.3 Å². The van der Waals surface area contributed by atoms with E-state index in [4.69, 9.17) is 39.1 Å². The second-order valence-electron chi connectivity index (χ2n) is 2.94. The number of nitrogens with two attached hydrogens (primary N) is 2. The number of aromatic amines is 1. The number of nitrogens with one attached hydrogen (secondary N) is 1. The molecule has 18 heteroatoms. The number of nitrogens with zero attached hydrogens (tertiary/aromatic N) is 2. The zero-order valence-electron chi connectivity index (χ0n) is 11.5. The molecule has 2 atom stereocenters. The summed E-state index contributed by atoms with van der Waals surface area (Å²) in [6, 6.07) is 0. The van der Waals surface area contributed by atoms with Crippen molar-refractivity contribution in [3.63, 3.8) is 0 Å². The number of aliphatic hydroxyl groups excluding tert-OH is 2. The number of nitrogen functional groups attached to an aromatic ring is 1. The summed E-state index contributed by atoms with van der Waals surface area (Å²) in [5.74, 6) is -3.25. The molecule has 0 saturated heterocycles. The van der Waals surface area contributed by atoms with Gasteiger partial charge in [-0.1, -0.05) is 0 Å². The number of hydrogen-bond acceptors (Lipinski definition) is 10. The average molecular weight is 513 g/mol. The van der Waals surface area contributed by atoms with Crippen molar-refractivity contribution in [1.82, 2.24) is 21.3 Å². The van der Waals surface area contributed by atoms with Crippen LogP contribution in [0.15, 0.2) is 6.33 Å². The predicted octanol–water partition coefficient (Wildman–Crippen LogP) is -5.66. The molecular formula is C6H20KN6O9SSb. The number of aliphatic hydroxyl groups is 2. The van der Waals surface area contributed by atoms with Gasteiger partial charge in [-0.2, -0.15) is 8.42 Å². The number of rotatable bonds is 3. The van der Waals surface area contributed by atoms with E-state index in [2.05, 4.69) is 20.3 Å². The molecule has 1 aromatic heterocycles. The maximum absolute atomic E-state index is 9.77. The molecule has 13 N–H and O–H groups in total. The van der Waals surface area contributed by atoms with Crippen LogP contribution in [0.1, 0.15) is 0 Å². The molecule has 0 saturated carbocycles. The van der Waals surface area contributed by atoms with Gasteiger partial charge in [-0.3, -0.25) is 9.65 Å². The molecule has 0 fully saturated rings. The molecule has 1 heterocycles. The quantitative estimate of drug-likeness (QED) is 0.135. The summed E-state index contributed by atoms with van der Waals surface area (Å²) in [6.45, 7) is 0. The van der Waals surface area contributed by atoms with Crippen molar-refractivity contribution >= 4 is 104 Å². The predicted molar refractivity (Wildman–Crippen MR) is 85.9 cm³/mol. The van der Waals surface area contributed by atoms with Crippen LogP contribution in [0.2, 0.25) is 0 Å². The molecule has 0 bridgehead atoms. The molecule has 0 radical (unpaired) electrons. The topological polar surface area (TPSA) is 298 Å². The van der Waals surface area contributed by atoms with Gasteiger partial charge >= 0.3 is 98.1 Å². The minimum atomic E-state index is -4.17. The van der Waals surface area contributed by atoms with Crippen LogP contribution in [0.25, 0.3) is 0 Å². The van der Waals surface area contributed by atoms with Gasteiger partial charge in [0.2, 0.25) is 5.95 Å². The van der Waals surface area contributed by atoms with E-state index in [1.807, 2.05) is 0 Å². The van der Waals surface area contributed by atoms with Gasteiger partial charge in [-0.15, -0.1) is 5.10 Å². The molecule has 0 aliphatic carbocycles. The Morgan fingerprint density at radius 1 is 1.17 bits per heavy atom. The van der Waals surface area contributed by atoms with E-state index in [0.29, 0.717) is 0 Å². The van der Waals surface area contributed by atoms with E-state index in [1.54, 1.807) is 0 Å². The second-order valence-corrected chi connectivity index (χ2v) is 3.97. The summed E-state index contributed by atoms with van der Waals surface area (Å²) in [4.78, 5) is 23.1. The van der Waals surface area contributed by atoms with Crippen LogP contribution in [-0.4, -0.2) is 149 Å². The summed E-state index contributed by atoms with van der Waals surface area (Å²) in [5, 5.41) is 42.3. The van der Waals surface area contributed by atoms with Crippen LogP contribution >= 0.6 is 0 Å². The van der Waals surface area contributed by atoms with Gasteiger partial charge in [-0.25, -0.2) is 19.7 Å². The Morgan fingerprint density at radius 2 is 1.46 bits per heavy atom. The molecule has 0 aliphatic heterocycles. The Hall–Kier alpha value is 0.0845. The van der Waals surface area contributed by atoms with Crippen LogP contribution in [0.3, 0.4) is 0 Å². The van der Waals surface area contributed by atoms with Gasteiger partial charge in [-0.05, 0) is 0 Å². The molecule has 24 heavy (non-hydrogen) atoms. The van der Waals surface area contributed by atoms with Crippen molar-refractivity contribution in [3.05, 3.63) is 6.33 Å². The first-order valence-corrected chi connectivity index (χ1v) is 6.04. The summed E-state index contributed by atoms with van der Waals surface area (Å²) >= 11 is 0. The van der Waals surface area contributed by atoms with Crippen molar-refractivity contribution in [2.45, 2.75) is 12.2 Å². The number of carboxylic acids is 2. The van der Waals surface area contributed by atoms with E-state index >= 15 is 0 Å². The third kappa shape index (κ3) is 27.0. The van der Waals surface area contributed by atoms with Gasteiger partial charge in [0.15, 0.2) is 12.2 Å². The summed E-state index contributed by atoms with van der Waals surface area (Å²) < 4.78 is 25.2. The van der Waals surface area contributed by atoms with Crippen molar-refractivity contribution in [2.24, 2.45) is 5.14 Å². The minimum absolute atomic E-state index is 0. The number of aromatic nitrogens is 3. The number of H-pyrrole nitrogens is 1. The Balaban J connectivity index is -0.0000000752. The zero-order valence-corrected chi connectivity index (χ0v) is 16.3. The molecular weight excluding hydrogens is 493 g/mol. The molecule has 0 aromatic carbocycles. The van der Waals surface area contributed by atoms with Crippen molar-refractivity contribution in [3.8, 4) is 0 Å². The molecule has 0 amide bonds. The number of aliphatic carboxylic acids is 2. The third-order valence-electron chi connectivity index (χ3n) is 1.24. The molecule has 15 nitrogen and oxygen atoms in total. The summed E-state index contributed by atoms with van der Waals surface area (Å²) in [6.07, 6.45) is -3.11.